The minimum absolute atomic E-state index is 0.0271. The van der Waals surface area contributed by atoms with Gasteiger partial charge in [0.05, 0.1) is 25.6 Å². The molecular formula is C21H21N3O2. The summed E-state index contributed by atoms with van der Waals surface area (Å²) in [5.41, 5.74) is 2.91. The Labute approximate surface area is 152 Å². The van der Waals surface area contributed by atoms with Crippen LogP contribution in [0.15, 0.2) is 73.3 Å². The first kappa shape index (κ1) is 16.5. The van der Waals surface area contributed by atoms with E-state index in [-0.39, 0.29) is 11.9 Å². The molecule has 1 amide bonds. The predicted octanol–water partition coefficient (Wildman–Crippen LogP) is 3.00. The SMILES string of the molecule is O=C(NC(Cn1ccnc1)C1COC1)c1ccc(-c2ccccc2)cc1. The van der Waals surface area contributed by atoms with E-state index in [2.05, 4.69) is 22.4 Å². The van der Waals surface area contributed by atoms with Gasteiger partial charge in [-0.3, -0.25) is 4.79 Å². The van der Waals surface area contributed by atoms with Gasteiger partial charge in [0, 0.05) is 30.4 Å². The lowest BCUT2D eigenvalue weighted by Gasteiger charge is -2.34. The van der Waals surface area contributed by atoms with Crippen LogP contribution in [0.4, 0.5) is 0 Å². The number of benzene rings is 2. The molecule has 1 atom stereocenters. The van der Waals surface area contributed by atoms with Gasteiger partial charge in [-0.25, -0.2) is 4.98 Å². The molecular weight excluding hydrogens is 326 g/mol. The van der Waals surface area contributed by atoms with E-state index in [0.29, 0.717) is 31.2 Å². The van der Waals surface area contributed by atoms with Crippen molar-refractivity contribution in [2.24, 2.45) is 5.92 Å². The number of hydrogen-bond acceptors (Lipinski definition) is 3. The largest absolute Gasteiger partial charge is 0.381 e. The van der Waals surface area contributed by atoms with Crippen LogP contribution in [0.3, 0.4) is 0 Å². The number of carbonyl (C=O) groups is 1. The standard InChI is InChI=1S/C21H21N3O2/c25-21(18-8-6-17(7-9-18)16-4-2-1-3-5-16)23-20(19-13-26-14-19)12-24-11-10-22-15-24/h1-11,15,19-20H,12-14H2,(H,23,25). The number of carbonyl (C=O) groups excluding carboxylic acids is 1. The number of imidazole rings is 1. The molecule has 3 aromatic rings. The van der Waals surface area contributed by atoms with Gasteiger partial charge in [-0.1, -0.05) is 42.5 Å². The summed E-state index contributed by atoms with van der Waals surface area (Å²) >= 11 is 0. The monoisotopic (exact) mass is 347 g/mol. The van der Waals surface area contributed by atoms with Crippen molar-refractivity contribution in [3.05, 3.63) is 78.9 Å². The summed E-state index contributed by atoms with van der Waals surface area (Å²) in [5, 5.41) is 3.17. The van der Waals surface area contributed by atoms with Crippen molar-refractivity contribution in [1.29, 1.82) is 0 Å². The summed E-state index contributed by atoms with van der Waals surface area (Å²) in [4.78, 5) is 16.8. The van der Waals surface area contributed by atoms with Crippen LogP contribution < -0.4 is 5.32 Å². The van der Waals surface area contributed by atoms with E-state index in [1.165, 1.54) is 0 Å². The van der Waals surface area contributed by atoms with Crippen molar-refractivity contribution in [2.45, 2.75) is 12.6 Å². The van der Waals surface area contributed by atoms with E-state index >= 15 is 0 Å². The summed E-state index contributed by atoms with van der Waals surface area (Å²) in [6, 6.07) is 17.9. The number of hydrogen-bond donors (Lipinski definition) is 1. The van der Waals surface area contributed by atoms with E-state index < -0.39 is 0 Å². The maximum absolute atomic E-state index is 12.7. The minimum Gasteiger partial charge on any atom is -0.381 e. The molecule has 26 heavy (non-hydrogen) atoms. The van der Waals surface area contributed by atoms with Crippen molar-refractivity contribution in [3.8, 4) is 11.1 Å². The van der Waals surface area contributed by atoms with E-state index in [0.717, 1.165) is 11.1 Å². The Bertz CT molecular complexity index is 841. The van der Waals surface area contributed by atoms with E-state index in [9.17, 15) is 4.79 Å². The van der Waals surface area contributed by atoms with Crippen molar-refractivity contribution in [2.75, 3.05) is 13.2 Å². The highest BCUT2D eigenvalue weighted by Gasteiger charge is 2.30. The first-order valence-electron chi connectivity index (χ1n) is 8.79. The number of aromatic nitrogens is 2. The number of ether oxygens (including phenoxy) is 1. The fourth-order valence-electron chi connectivity index (χ4n) is 3.12. The second-order valence-electron chi connectivity index (χ2n) is 6.58. The third-order valence-electron chi connectivity index (χ3n) is 4.77. The Balaban J connectivity index is 1.45. The maximum Gasteiger partial charge on any atom is 0.251 e. The molecule has 5 nitrogen and oxygen atoms in total. The van der Waals surface area contributed by atoms with Gasteiger partial charge in [-0.15, -0.1) is 0 Å². The van der Waals surface area contributed by atoms with Crippen LogP contribution >= 0.6 is 0 Å². The van der Waals surface area contributed by atoms with Crippen molar-refractivity contribution < 1.29 is 9.53 Å². The number of amides is 1. The zero-order valence-corrected chi connectivity index (χ0v) is 14.4. The van der Waals surface area contributed by atoms with Crippen LogP contribution in [0, 0.1) is 5.92 Å². The van der Waals surface area contributed by atoms with Gasteiger partial charge < -0.3 is 14.6 Å². The van der Waals surface area contributed by atoms with Gasteiger partial charge in [-0.2, -0.15) is 0 Å². The maximum atomic E-state index is 12.7. The Morgan fingerprint density at radius 2 is 1.85 bits per heavy atom. The van der Waals surface area contributed by atoms with E-state index in [1.807, 2.05) is 53.2 Å². The molecule has 0 radical (unpaired) electrons. The molecule has 1 aliphatic rings. The summed E-state index contributed by atoms with van der Waals surface area (Å²) < 4.78 is 7.30. The van der Waals surface area contributed by atoms with Gasteiger partial charge in [-0.05, 0) is 23.3 Å². The predicted molar refractivity (Wildman–Crippen MR) is 99.7 cm³/mol. The molecule has 4 rings (SSSR count). The number of nitrogens with one attached hydrogen (secondary N) is 1. The summed E-state index contributed by atoms with van der Waals surface area (Å²) in [5.74, 6) is 0.284. The molecule has 1 aromatic heterocycles. The molecule has 1 N–H and O–H groups in total. The molecule has 132 valence electrons. The summed E-state index contributed by atoms with van der Waals surface area (Å²) in [6.45, 7) is 2.07. The van der Waals surface area contributed by atoms with Gasteiger partial charge in [0.2, 0.25) is 0 Å². The second-order valence-corrected chi connectivity index (χ2v) is 6.58. The number of nitrogens with zero attached hydrogens (tertiary/aromatic N) is 2. The quantitative estimate of drug-likeness (QED) is 0.746. The van der Waals surface area contributed by atoms with E-state index in [1.54, 1.807) is 12.5 Å². The van der Waals surface area contributed by atoms with Crippen LogP contribution in [0.5, 0.6) is 0 Å². The zero-order chi connectivity index (χ0) is 17.8. The van der Waals surface area contributed by atoms with Gasteiger partial charge in [0.1, 0.15) is 0 Å². The lowest BCUT2D eigenvalue weighted by atomic mass is 9.97. The van der Waals surface area contributed by atoms with Crippen molar-refractivity contribution in [3.63, 3.8) is 0 Å². The molecule has 1 unspecified atom stereocenters. The minimum atomic E-state index is -0.0540. The fraction of sp³-hybridized carbons (Fsp3) is 0.238. The van der Waals surface area contributed by atoms with Gasteiger partial charge in [0.15, 0.2) is 0 Å². The highest BCUT2D eigenvalue weighted by atomic mass is 16.5. The second kappa shape index (κ2) is 7.54. The van der Waals surface area contributed by atoms with Crippen molar-refractivity contribution >= 4 is 5.91 Å². The smallest absolute Gasteiger partial charge is 0.251 e. The molecule has 5 heteroatoms. The van der Waals surface area contributed by atoms with E-state index in [4.69, 9.17) is 4.74 Å². The molecule has 1 aliphatic heterocycles. The lowest BCUT2D eigenvalue weighted by Crippen LogP contribution is -2.50. The van der Waals surface area contributed by atoms with Crippen LogP contribution in [0.25, 0.3) is 11.1 Å². The Kier molecular flexibility index (Phi) is 4.80. The normalized spacial score (nSPS) is 15.2. The first-order chi connectivity index (χ1) is 12.8. The molecule has 0 spiro atoms. The van der Waals surface area contributed by atoms with Crippen LogP contribution in [0.1, 0.15) is 10.4 Å². The van der Waals surface area contributed by atoms with Crippen LogP contribution in [-0.4, -0.2) is 34.7 Å². The lowest BCUT2D eigenvalue weighted by molar-refractivity contribution is -0.0506. The van der Waals surface area contributed by atoms with Crippen molar-refractivity contribution in [1.82, 2.24) is 14.9 Å². The third kappa shape index (κ3) is 3.68. The highest BCUT2D eigenvalue weighted by Crippen LogP contribution is 2.20. The van der Waals surface area contributed by atoms with Crippen LogP contribution in [0.2, 0.25) is 0 Å². The molecule has 0 aliphatic carbocycles. The molecule has 0 bridgehead atoms. The molecule has 1 fully saturated rings. The van der Waals surface area contributed by atoms with Gasteiger partial charge >= 0.3 is 0 Å². The average Bonchev–Trinajstić information content (AvgIpc) is 3.14. The van der Waals surface area contributed by atoms with Crippen LogP contribution in [-0.2, 0) is 11.3 Å². The topological polar surface area (TPSA) is 56.2 Å². The Morgan fingerprint density at radius 3 is 2.46 bits per heavy atom. The van der Waals surface area contributed by atoms with Gasteiger partial charge in [0.25, 0.3) is 5.91 Å². The first-order valence-corrected chi connectivity index (χ1v) is 8.79. The Morgan fingerprint density at radius 1 is 1.12 bits per heavy atom. The Hall–Kier alpha value is -2.92. The third-order valence-corrected chi connectivity index (χ3v) is 4.77. The molecule has 1 saturated heterocycles. The average molecular weight is 347 g/mol. The fourth-order valence-corrected chi connectivity index (χ4v) is 3.12. The highest BCUT2D eigenvalue weighted by molar-refractivity contribution is 5.94. The zero-order valence-electron chi connectivity index (χ0n) is 14.4. The molecule has 2 aromatic carbocycles. The summed E-state index contributed by atoms with van der Waals surface area (Å²) in [6.07, 6.45) is 5.43. The number of rotatable bonds is 6. The molecule has 0 saturated carbocycles. The molecule has 2 heterocycles. The summed E-state index contributed by atoms with van der Waals surface area (Å²) in [7, 11) is 0.